The van der Waals surface area contributed by atoms with Crippen molar-refractivity contribution in [1.82, 2.24) is 0 Å². The highest BCUT2D eigenvalue weighted by Gasteiger charge is 2.86. The molecule has 3 aliphatic rings. The van der Waals surface area contributed by atoms with Crippen LogP contribution in [0.4, 0.5) is 0 Å². The van der Waals surface area contributed by atoms with Gasteiger partial charge in [-0.1, -0.05) is 20.8 Å². The van der Waals surface area contributed by atoms with Gasteiger partial charge in [0, 0.05) is 5.41 Å². The molecule has 0 heterocycles. The summed E-state index contributed by atoms with van der Waals surface area (Å²) in [5.74, 6) is 0.929. The first-order valence-electron chi connectivity index (χ1n) is 5.15. The van der Waals surface area contributed by atoms with E-state index in [4.69, 9.17) is 0 Å². The molecule has 0 aliphatic heterocycles. The predicted molar refractivity (Wildman–Crippen MR) is 47.7 cm³/mol. The van der Waals surface area contributed by atoms with E-state index in [1.54, 1.807) is 0 Å². The average Bonchev–Trinajstić information content (AvgIpc) is 2.32. The molecule has 0 bridgehead atoms. The van der Waals surface area contributed by atoms with Gasteiger partial charge in [0.25, 0.3) is 0 Å². The van der Waals surface area contributed by atoms with Crippen molar-refractivity contribution in [2.75, 3.05) is 0 Å². The summed E-state index contributed by atoms with van der Waals surface area (Å²) in [6.07, 6.45) is 3.72. The molecule has 0 radical (unpaired) electrons. The zero-order valence-electron chi connectivity index (χ0n) is 8.22. The standard InChI is InChI=1S/C11H18O/c1-9(2)7-4-5-10(3)8(12)6-11(7,9)10/h7-8,12H,4-6H2,1-3H3/t7-,8+,10-,11?/m0/s1. The minimum Gasteiger partial charge on any atom is -0.393 e. The Bertz CT molecular complexity index is 258. The summed E-state index contributed by atoms with van der Waals surface area (Å²) in [7, 11) is 0. The number of hydrogen-bond acceptors (Lipinski definition) is 1. The van der Waals surface area contributed by atoms with Crippen LogP contribution in [0, 0.1) is 22.2 Å². The first-order chi connectivity index (χ1) is 5.47. The van der Waals surface area contributed by atoms with E-state index in [-0.39, 0.29) is 6.10 Å². The van der Waals surface area contributed by atoms with Crippen LogP contribution in [0.25, 0.3) is 0 Å². The molecular weight excluding hydrogens is 148 g/mol. The van der Waals surface area contributed by atoms with E-state index in [9.17, 15) is 5.11 Å². The van der Waals surface area contributed by atoms with E-state index in [0.717, 1.165) is 12.3 Å². The maximum atomic E-state index is 9.80. The molecule has 3 fully saturated rings. The number of aliphatic hydroxyl groups is 1. The lowest BCUT2D eigenvalue weighted by atomic mass is 9.53. The molecule has 68 valence electrons. The Labute approximate surface area is 74.2 Å². The van der Waals surface area contributed by atoms with Crippen molar-refractivity contribution in [2.45, 2.75) is 46.1 Å². The molecule has 0 amide bonds. The van der Waals surface area contributed by atoms with Crippen molar-refractivity contribution in [1.29, 1.82) is 0 Å². The van der Waals surface area contributed by atoms with Crippen LogP contribution in [0.15, 0.2) is 0 Å². The van der Waals surface area contributed by atoms with Gasteiger partial charge >= 0.3 is 0 Å². The van der Waals surface area contributed by atoms with Crippen LogP contribution in [0.5, 0.6) is 0 Å². The molecule has 0 aromatic carbocycles. The molecule has 0 aromatic heterocycles. The lowest BCUT2D eigenvalue weighted by molar-refractivity contribution is -0.136. The lowest BCUT2D eigenvalue weighted by Gasteiger charge is -2.53. The maximum absolute atomic E-state index is 9.80. The quantitative estimate of drug-likeness (QED) is 0.585. The van der Waals surface area contributed by atoms with Gasteiger partial charge in [-0.3, -0.25) is 0 Å². The molecule has 0 saturated heterocycles. The van der Waals surface area contributed by atoms with Crippen LogP contribution in [0.2, 0.25) is 0 Å². The van der Waals surface area contributed by atoms with Gasteiger partial charge in [-0.05, 0) is 36.0 Å². The smallest absolute Gasteiger partial charge is 0.0605 e. The molecule has 3 saturated carbocycles. The van der Waals surface area contributed by atoms with Crippen molar-refractivity contribution in [2.24, 2.45) is 22.2 Å². The zero-order chi connectivity index (χ0) is 8.78. The molecule has 12 heavy (non-hydrogen) atoms. The Hall–Kier alpha value is -0.0400. The fourth-order valence-electron chi connectivity index (χ4n) is 4.88. The summed E-state index contributed by atoms with van der Waals surface area (Å²) in [6, 6.07) is 0. The summed E-state index contributed by atoms with van der Waals surface area (Å²) < 4.78 is 0. The summed E-state index contributed by atoms with van der Waals surface area (Å²) >= 11 is 0. The Morgan fingerprint density at radius 1 is 1.25 bits per heavy atom. The largest absolute Gasteiger partial charge is 0.393 e. The topological polar surface area (TPSA) is 20.2 Å². The van der Waals surface area contributed by atoms with Crippen molar-refractivity contribution in [3.05, 3.63) is 0 Å². The van der Waals surface area contributed by atoms with Crippen LogP contribution in [-0.2, 0) is 0 Å². The average molecular weight is 166 g/mol. The summed E-state index contributed by atoms with van der Waals surface area (Å²) in [6.45, 7) is 7.08. The third kappa shape index (κ3) is 0.396. The molecule has 3 aliphatic carbocycles. The van der Waals surface area contributed by atoms with Crippen molar-refractivity contribution in [3.8, 4) is 0 Å². The number of rotatable bonds is 0. The Balaban J connectivity index is 2.05. The summed E-state index contributed by atoms with van der Waals surface area (Å²) in [4.78, 5) is 0. The Kier molecular flexibility index (Phi) is 0.919. The van der Waals surface area contributed by atoms with Crippen molar-refractivity contribution >= 4 is 0 Å². The molecule has 1 nitrogen and oxygen atoms in total. The highest BCUT2D eigenvalue weighted by Crippen LogP contribution is 2.90. The van der Waals surface area contributed by atoms with Crippen LogP contribution < -0.4 is 0 Å². The van der Waals surface area contributed by atoms with Crippen LogP contribution in [0.1, 0.15) is 40.0 Å². The minimum absolute atomic E-state index is 0.00396. The Morgan fingerprint density at radius 2 is 1.92 bits per heavy atom. The second-order valence-electron chi connectivity index (χ2n) is 5.92. The fraction of sp³-hybridized carbons (Fsp3) is 1.00. The van der Waals surface area contributed by atoms with Crippen molar-refractivity contribution < 1.29 is 5.11 Å². The van der Waals surface area contributed by atoms with Crippen LogP contribution in [0.3, 0.4) is 0 Å². The first-order valence-corrected chi connectivity index (χ1v) is 5.15. The van der Waals surface area contributed by atoms with Gasteiger partial charge in [-0.15, -0.1) is 0 Å². The van der Waals surface area contributed by atoms with E-state index < -0.39 is 0 Å². The van der Waals surface area contributed by atoms with E-state index in [1.807, 2.05) is 0 Å². The van der Waals surface area contributed by atoms with Crippen LogP contribution in [-0.4, -0.2) is 11.2 Å². The van der Waals surface area contributed by atoms with E-state index in [0.29, 0.717) is 16.2 Å². The molecular formula is C11H18O. The minimum atomic E-state index is 0.00396. The number of aliphatic hydroxyl groups excluding tert-OH is 1. The second-order valence-corrected chi connectivity index (χ2v) is 5.92. The Morgan fingerprint density at radius 3 is 2.33 bits per heavy atom. The molecule has 4 atom stereocenters. The van der Waals surface area contributed by atoms with Gasteiger partial charge in [0.2, 0.25) is 0 Å². The van der Waals surface area contributed by atoms with E-state index in [2.05, 4.69) is 20.8 Å². The van der Waals surface area contributed by atoms with E-state index in [1.165, 1.54) is 12.8 Å². The summed E-state index contributed by atoms with van der Waals surface area (Å²) in [5.41, 5.74) is 1.39. The van der Waals surface area contributed by atoms with Crippen molar-refractivity contribution in [3.63, 3.8) is 0 Å². The fourth-order valence-corrected chi connectivity index (χ4v) is 4.88. The number of hydrogen-bond donors (Lipinski definition) is 1. The highest BCUT2D eigenvalue weighted by atomic mass is 16.3. The molecule has 1 N–H and O–H groups in total. The normalized spacial score (nSPS) is 65.0. The van der Waals surface area contributed by atoms with Gasteiger partial charge in [0.05, 0.1) is 6.10 Å². The molecule has 1 spiro atoms. The first kappa shape index (κ1) is 7.37. The SMILES string of the molecule is CC1(C)[C@@H]2CC[C@@]3(C)[C@H](O)CC213. The van der Waals surface area contributed by atoms with Gasteiger partial charge in [-0.25, -0.2) is 0 Å². The monoisotopic (exact) mass is 166 g/mol. The zero-order valence-corrected chi connectivity index (χ0v) is 8.22. The molecule has 3 rings (SSSR count). The van der Waals surface area contributed by atoms with Crippen LogP contribution >= 0.6 is 0 Å². The van der Waals surface area contributed by atoms with Gasteiger partial charge in [0.1, 0.15) is 0 Å². The predicted octanol–water partition coefficient (Wildman–Crippen LogP) is 2.19. The highest BCUT2D eigenvalue weighted by molar-refractivity contribution is 5.34. The van der Waals surface area contributed by atoms with Gasteiger partial charge in [-0.2, -0.15) is 0 Å². The third-order valence-corrected chi connectivity index (χ3v) is 5.75. The second kappa shape index (κ2) is 1.50. The lowest BCUT2D eigenvalue weighted by Crippen LogP contribution is -2.53. The molecule has 0 aromatic rings. The summed E-state index contributed by atoms with van der Waals surface area (Å²) in [5, 5.41) is 9.80. The maximum Gasteiger partial charge on any atom is 0.0605 e. The van der Waals surface area contributed by atoms with E-state index >= 15 is 0 Å². The molecule has 1 heteroatoms. The van der Waals surface area contributed by atoms with Gasteiger partial charge in [0.15, 0.2) is 0 Å². The third-order valence-electron chi connectivity index (χ3n) is 5.75. The molecule has 1 unspecified atom stereocenters. The van der Waals surface area contributed by atoms with Gasteiger partial charge < -0.3 is 5.11 Å².